The average molecular weight is 285 g/mol. The fourth-order valence-electron chi connectivity index (χ4n) is 1.66. The van der Waals surface area contributed by atoms with E-state index in [1.165, 1.54) is 0 Å². The number of carboxylic acid groups (broad SMARTS) is 1. The van der Waals surface area contributed by atoms with Crippen molar-refractivity contribution in [2.75, 3.05) is 5.32 Å². The van der Waals surface area contributed by atoms with Gasteiger partial charge in [0.25, 0.3) is 0 Å². The van der Waals surface area contributed by atoms with Crippen LogP contribution in [0.25, 0.3) is 0 Å². The molecule has 1 atom stereocenters. The number of carbonyl (C=O) groups excluding carboxylic acids is 2. The maximum Gasteiger partial charge on any atom is 0.230 e. The summed E-state index contributed by atoms with van der Waals surface area (Å²) >= 11 is 5.90. The summed E-state index contributed by atoms with van der Waals surface area (Å²) in [6, 6.07) is 5.94. The summed E-state index contributed by atoms with van der Waals surface area (Å²) in [5, 5.41) is 15.5. The first kappa shape index (κ1) is 15.5. The Hall–Kier alpha value is -1.59. The number of hydrogen-bond acceptors (Lipinski definition) is 3. The van der Waals surface area contributed by atoms with Gasteiger partial charge in [0.1, 0.15) is 6.04 Å². The van der Waals surface area contributed by atoms with Crippen LogP contribution >= 0.6 is 11.6 Å². The number of amides is 1. The number of nitrogens with two attached hydrogens (primary N) is 1. The van der Waals surface area contributed by atoms with E-state index in [1.807, 2.05) is 13.8 Å². The normalized spacial score (nSPS) is 12.2. The zero-order valence-electron chi connectivity index (χ0n) is 10.9. The first-order valence-electron chi connectivity index (χ1n) is 6.00. The minimum atomic E-state index is -1.25. The average Bonchev–Trinajstić information content (AvgIpc) is 2.30. The predicted octanol–water partition coefficient (Wildman–Crippen LogP) is -0.241. The minimum Gasteiger partial charge on any atom is -0.544 e. The molecule has 3 N–H and O–H groups in total. The van der Waals surface area contributed by atoms with Crippen molar-refractivity contribution < 1.29 is 20.0 Å². The van der Waals surface area contributed by atoms with Crippen LogP contribution in [0.2, 0.25) is 5.02 Å². The summed E-state index contributed by atoms with van der Waals surface area (Å²) in [4.78, 5) is 22.7. The third-order valence-electron chi connectivity index (χ3n) is 2.47. The molecule has 0 aliphatic rings. The Balaban J connectivity index is 2.63. The van der Waals surface area contributed by atoms with Gasteiger partial charge in [-0.2, -0.15) is 0 Å². The second-order valence-corrected chi connectivity index (χ2v) is 5.00. The Labute approximate surface area is 117 Å². The van der Waals surface area contributed by atoms with Crippen molar-refractivity contribution in [3.8, 4) is 0 Å². The van der Waals surface area contributed by atoms with E-state index in [9.17, 15) is 14.7 Å². The molecular weight excluding hydrogens is 268 g/mol. The van der Waals surface area contributed by atoms with Crippen molar-refractivity contribution in [3.63, 3.8) is 0 Å². The number of benzene rings is 1. The number of quaternary nitrogens is 1. The zero-order valence-corrected chi connectivity index (χ0v) is 11.6. The molecule has 1 rings (SSSR count). The van der Waals surface area contributed by atoms with Crippen molar-refractivity contribution in [2.24, 2.45) is 0 Å². The van der Waals surface area contributed by atoms with Crippen LogP contribution in [0.3, 0.4) is 0 Å². The van der Waals surface area contributed by atoms with Crippen LogP contribution in [0.15, 0.2) is 24.3 Å². The fraction of sp³-hybridized carbons (Fsp3) is 0.385. The van der Waals surface area contributed by atoms with E-state index in [2.05, 4.69) is 5.32 Å². The number of hydrogen-bond donors (Lipinski definition) is 2. The maximum absolute atomic E-state index is 11.8. The molecule has 104 valence electrons. The van der Waals surface area contributed by atoms with Crippen molar-refractivity contribution in [1.29, 1.82) is 0 Å². The Kier molecular flexibility index (Phi) is 5.79. The monoisotopic (exact) mass is 284 g/mol. The maximum atomic E-state index is 11.8. The number of nitrogens with one attached hydrogen (secondary N) is 1. The van der Waals surface area contributed by atoms with Gasteiger partial charge in [0.2, 0.25) is 5.91 Å². The highest BCUT2D eigenvalue weighted by atomic mass is 35.5. The molecule has 1 aromatic carbocycles. The molecule has 0 spiro atoms. The van der Waals surface area contributed by atoms with Crippen LogP contribution in [0, 0.1) is 0 Å². The molecule has 1 amide bonds. The zero-order chi connectivity index (χ0) is 14.4. The topological polar surface area (TPSA) is 85.8 Å². The van der Waals surface area contributed by atoms with Crippen molar-refractivity contribution in [3.05, 3.63) is 29.3 Å². The Morgan fingerprint density at radius 2 is 2.00 bits per heavy atom. The quantitative estimate of drug-likeness (QED) is 0.756. The smallest absolute Gasteiger partial charge is 0.230 e. The van der Waals surface area contributed by atoms with Gasteiger partial charge in [0.15, 0.2) is 0 Å². The summed E-state index contributed by atoms with van der Waals surface area (Å²) in [6.45, 7) is 3.70. The number of anilines is 1. The molecule has 19 heavy (non-hydrogen) atoms. The lowest BCUT2D eigenvalue weighted by molar-refractivity contribution is -0.708. The molecule has 0 saturated heterocycles. The van der Waals surface area contributed by atoms with E-state index < -0.39 is 17.9 Å². The first-order chi connectivity index (χ1) is 8.90. The molecule has 0 radical (unpaired) electrons. The second-order valence-electron chi connectivity index (χ2n) is 4.59. The third kappa shape index (κ3) is 5.28. The van der Waals surface area contributed by atoms with Gasteiger partial charge >= 0.3 is 0 Å². The first-order valence-corrected chi connectivity index (χ1v) is 6.38. The van der Waals surface area contributed by atoms with Gasteiger partial charge in [-0.25, -0.2) is 0 Å². The Morgan fingerprint density at radius 3 is 2.53 bits per heavy atom. The highest BCUT2D eigenvalue weighted by Gasteiger charge is 2.19. The van der Waals surface area contributed by atoms with Gasteiger partial charge in [0, 0.05) is 0 Å². The molecule has 0 unspecified atom stereocenters. The standard InChI is InChI=1S/C13H17ClN2O3/c1-8(2)15-11(13(18)19)7-12(17)16-10-6-4-3-5-9(10)14/h3-6,8,11,15H,7H2,1-2H3,(H,16,17)(H,18,19)/t11-/m0/s1. The van der Waals surface area contributed by atoms with Crippen LogP contribution in [0.4, 0.5) is 5.69 Å². The van der Waals surface area contributed by atoms with Crippen LogP contribution < -0.4 is 15.7 Å². The molecule has 0 aliphatic heterocycles. The highest BCUT2D eigenvalue weighted by molar-refractivity contribution is 6.33. The molecule has 0 fully saturated rings. The molecule has 1 aromatic rings. The lowest BCUT2D eigenvalue weighted by atomic mass is 10.1. The molecule has 6 heteroatoms. The highest BCUT2D eigenvalue weighted by Crippen LogP contribution is 2.20. The number of carboxylic acids is 1. The number of halogens is 1. The van der Waals surface area contributed by atoms with E-state index in [1.54, 1.807) is 29.6 Å². The number of carbonyl (C=O) groups is 2. The van der Waals surface area contributed by atoms with Crippen LogP contribution in [0.1, 0.15) is 20.3 Å². The summed E-state index contributed by atoms with van der Waals surface area (Å²) in [5.41, 5.74) is 0.468. The van der Waals surface area contributed by atoms with Crippen molar-refractivity contribution in [1.82, 2.24) is 0 Å². The van der Waals surface area contributed by atoms with E-state index >= 15 is 0 Å². The lowest BCUT2D eigenvalue weighted by Gasteiger charge is -2.18. The van der Waals surface area contributed by atoms with Gasteiger partial charge in [-0.15, -0.1) is 0 Å². The second kappa shape index (κ2) is 7.11. The summed E-state index contributed by atoms with van der Waals surface area (Å²) < 4.78 is 0. The SMILES string of the molecule is CC(C)[NH2+][C@@H](CC(=O)Nc1ccccc1Cl)C(=O)[O-]. The van der Waals surface area contributed by atoms with E-state index in [4.69, 9.17) is 11.6 Å². The van der Waals surface area contributed by atoms with Gasteiger partial charge in [-0.1, -0.05) is 23.7 Å². The molecule has 5 nitrogen and oxygen atoms in total. The fourth-order valence-corrected chi connectivity index (χ4v) is 1.84. The summed E-state index contributed by atoms with van der Waals surface area (Å²) in [6.07, 6.45) is -0.161. The van der Waals surface area contributed by atoms with E-state index in [0.29, 0.717) is 10.7 Å². The van der Waals surface area contributed by atoms with Gasteiger partial charge in [-0.3, -0.25) is 4.79 Å². The van der Waals surface area contributed by atoms with Gasteiger partial charge in [-0.05, 0) is 26.0 Å². The lowest BCUT2D eigenvalue weighted by Crippen LogP contribution is -2.96. The largest absolute Gasteiger partial charge is 0.544 e. The molecule has 0 bridgehead atoms. The molecule has 0 saturated carbocycles. The van der Waals surface area contributed by atoms with Gasteiger partial charge in [0.05, 0.1) is 29.1 Å². The minimum absolute atomic E-state index is 0.0658. The summed E-state index contributed by atoms with van der Waals surface area (Å²) in [7, 11) is 0. The molecule has 0 heterocycles. The van der Waals surface area contributed by atoms with Crippen LogP contribution in [-0.4, -0.2) is 24.0 Å². The summed E-state index contributed by atoms with van der Waals surface area (Å²) in [5.74, 6) is -1.65. The molecule has 0 aromatic heterocycles. The predicted molar refractivity (Wildman–Crippen MR) is 70.6 cm³/mol. The van der Waals surface area contributed by atoms with E-state index in [-0.39, 0.29) is 12.5 Å². The number of rotatable bonds is 6. The number of aliphatic carboxylic acids is 1. The van der Waals surface area contributed by atoms with Crippen molar-refractivity contribution in [2.45, 2.75) is 32.4 Å². The number of para-hydroxylation sites is 1. The Morgan fingerprint density at radius 1 is 1.37 bits per heavy atom. The third-order valence-corrected chi connectivity index (χ3v) is 2.80. The molecular formula is C13H17ClN2O3. The Bertz CT molecular complexity index is 463. The van der Waals surface area contributed by atoms with Crippen LogP contribution in [0.5, 0.6) is 0 Å². The van der Waals surface area contributed by atoms with Crippen molar-refractivity contribution >= 4 is 29.2 Å². The van der Waals surface area contributed by atoms with E-state index in [0.717, 1.165) is 0 Å². The molecule has 0 aliphatic carbocycles. The van der Waals surface area contributed by atoms with Crippen LogP contribution in [-0.2, 0) is 9.59 Å². The van der Waals surface area contributed by atoms with Gasteiger partial charge < -0.3 is 20.5 Å².